The Labute approximate surface area is 191 Å². The van der Waals surface area contributed by atoms with Crippen LogP contribution in [0.15, 0.2) is 59.6 Å². The summed E-state index contributed by atoms with van der Waals surface area (Å²) in [7, 11) is 1.68. The molecule has 0 aliphatic carbocycles. The minimum atomic E-state index is 0. The van der Waals surface area contributed by atoms with E-state index in [1.54, 1.807) is 7.11 Å². The highest BCUT2D eigenvalue weighted by Crippen LogP contribution is 2.33. The van der Waals surface area contributed by atoms with Crippen LogP contribution in [0.4, 0.5) is 0 Å². The molecule has 1 heterocycles. The van der Waals surface area contributed by atoms with E-state index in [2.05, 4.69) is 47.9 Å². The molecule has 158 valence electrons. The van der Waals surface area contributed by atoms with Crippen molar-refractivity contribution in [3.63, 3.8) is 0 Å². The first-order valence-corrected chi connectivity index (χ1v) is 10.1. The molecule has 2 unspecified atom stereocenters. The van der Waals surface area contributed by atoms with Gasteiger partial charge in [0, 0.05) is 25.6 Å². The van der Waals surface area contributed by atoms with Gasteiger partial charge in [-0.15, -0.1) is 24.0 Å². The Balaban J connectivity index is 0.00000300. The van der Waals surface area contributed by atoms with Gasteiger partial charge in [0.2, 0.25) is 0 Å². The summed E-state index contributed by atoms with van der Waals surface area (Å²) in [5.74, 6) is 2.14. The van der Waals surface area contributed by atoms with E-state index in [0.29, 0.717) is 12.5 Å². The maximum absolute atomic E-state index is 6.11. The smallest absolute Gasteiger partial charge is 0.191 e. The van der Waals surface area contributed by atoms with Crippen LogP contribution in [0.5, 0.6) is 5.75 Å². The maximum atomic E-state index is 6.11. The fraction of sp³-hybridized carbons (Fsp3) is 0.435. The van der Waals surface area contributed by atoms with Crippen molar-refractivity contribution in [2.45, 2.75) is 32.4 Å². The zero-order chi connectivity index (χ0) is 19.6. The molecule has 2 aromatic carbocycles. The van der Waals surface area contributed by atoms with E-state index < -0.39 is 0 Å². The third-order valence-electron chi connectivity index (χ3n) is 5.03. The van der Waals surface area contributed by atoms with Crippen LogP contribution in [0, 0.1) is 5.92 Å². The first-order chi connectivity index (χ1) is 13.8. The first kappa shape index (κ1) is 23.5. The monoisotopic (exact) mass is 509 g/mol. The molecule has 1 aliphatic rings. The van der Waals surface area contributed by atoms with Gasteiger partial charge >= 0.3 is 0 Å². The van der Waals surface area contributed by atoms with Crippen molar-refractivity contribution in [2.24, 2.45) is 10.9 Å². The van der Waals surface area contributed by atoms with E-state index >= 15 is 0 Å². The molecule has 29 heavy (non-hydrogen) atoms. The largest absolute Gasteiger partial charge is 0.497 e. The van der Waals surface area contributed by atoms with E-state index in [1.165, 1.54) is 5.56 Å². The zero-order valence-electron chi connectivity index (χ0n) is 17.3. The molecule has 2 aromatic rings. The molecular weight excluding hydrogens is 477 g/mol. The predicted molar refractivity (Wildman–Crippen MR) is 129 cm³/mol. The van der Waals surface area contributed by atoms with Crippen LogP contribution in [0.3, 0.4) is 0 Å². The molecule has 1 aliphatic heterocycles. The highest BCUT2D eigenvalue weighted by molar-refractivity contribution is 14.0. The van der Waals surface area contributed by atoms with Crippen LogP contribution in [0.2, 0.25) is 0 Å². The summed E-state index contributed by atoms with van der Waals surface area (Å²) < 4.78 is 11.3. The van der Waals surface area contributed by atoms with Crippen molar-refractivity contribution in [1.82, 2.24) is 10.6 Å². The Hall–Kier alpha value is -1.80. The third kappa shape index (κ3) is 7.19. The highest BCUT2D eigenvalue weighted by atomic mass is 127. The Kier molecular flexibility index (Phi) is 10.3. The van der Waals surface area contributed by atoms with Gasteiger partial charge in [-0.05, 0) is 43.0 Å². The van der Waals surface area contributed by atoms with Crippen LogP contribution in [0.25, 0.3) is 0 Å². The van der Waals surface area contributed by atoms with Gasteiger partial charge < -0.3 is 20.1 Å². The zero-order valence-corrected chi connectivity index (χ0v) is 19.6. The normalized spacial score (nSPS) is 19.2. The Bertz CT molecular complexity index is 738. The number of aliphatic imine (C=N–C) groups is 1. The average Bonchev–Trinajstić information content (AvgIpc) is 2.77. The van der Waals surface area contributed by atoms with Crippen LogP contribution < -0.4 is 15.4 Å². The molecule has 0 saturated carbocycles. The second kappa shape index (κ2) is 12.7. The number of hydrogen-bond acceptors (Lipinski definition) is 3. The third-order valence-corrected chi connectivity index (χ3v) is 5.03. The van der Waals surface area contributed by atoms with Gasteiger partial charge in [-0.1, -0.05) is 42.5 Å². The molecule has 2 N–H and O–H groups in total. The van der Waals surface area contributed by atoms with Crippen molar-refractivity contribution < 1.29 is 9.47 Å². The number of halogens is 1. The van der Waals surface area contributed by atoms with Crippen LogP contribution >= 0.6 is 24.0 Å². The van der Waals surface area contributed by atoms with Gasteiger partial charge in [-0.3, -0.25) is 0 Å². The Morgan fingerprint density at radius 2 is 1.86 bits per heavy atom. The van der Waals surface area contributed by atoms with E-state index in [4.69, 9.17) is 14.5 Å². The summed E-state index contributed by atoms with van der Waals surface area (Å²) in [6.07, 6.45) is 2.41. The molecule has 1 saturated heterocycles. The quantitative estimate of drug-likeness (QED) is 0.327. The number of guanidine groups is 1. The molecule has 2 atom stereocenters. The van der Waals surface area contributed by atoms with Gasteiger partial charge in [0.15, 0.2) is 5.96 Å². The van der Waals surface area contributed by atoms with Gasteiger partial charge in [-0.2, -0.15) is 0 Å². The van der Waals surface area contributed by atoms with Gasteiger partial charge in [0.25, 0.3) is 0 Å². The van der Waals surface area contributed by atoms with Gasteiger partial charge in [-0.25, -0.2) is 4.99 Å². The number of ether oxygens (including phenoxy) is 2. The topological polar surface area (TPSA) is 54.9 Å². The fourth-order valence-corrected chi connectivity index (χ4v) is 3.53. The Morgan fingerprint density at radius 1 is 1.10 bits per heavy atom. The van der Waals surface area contributed by atoms with Crippen molar-refractivity contribution in [3.05, 3.63) is 65.7 Å². The highest BCUT2D eigenvalue weighted by Gasteiger charge is 2.27. The molecule has 0 radical (unpaired) electrons. The lowest BCUT2D eigenvalue weighted by Gasteiger charge is -2.32. The lowest BCUT2D eigenvalue weighted by atomic mass is 9.89. The number of nitrogens with one attached hydrogen (secondary N) is 2. The van der Waals surface area contributed by atoms with E-state index in [9.17, 15) is 0 Å². The number of nitrogens with zero attached hydrogens (tertiary/aromatic N) is 1. The SMILES string of the molecule is CCNC(=NCc1ccc(OC)cc1)NCC1CCCOC1c1ccccc1.I. The minimum Gasteiger partial charge on any atom is -0.497 e. The summed E-state index contributed by atoms with van der Waals surface area (Å²) >= 11 is 0. The minimum absolute atomic E-state index is 0. The van der Waals surface area contributed by atoms with Crippen LogP contribution in [-0.2, 0) is 11.3 Å². The molecule has 0 bridgehead atoms. The van der Waals surface area contributed by atoms with Crippen molar-refractivity contribution >= 4 is 29.9 Å². The fourth-order valence-electron chi connectivity index (χ4n) is 3.53. The summed E-state index contributed by atoms with van der Waals surface area (Å²) in [6.45, 7) is 5.22. The average molecular weight is 509 g/mol. The standard InChI is InChI=1S/C23H31N3O2.HI/c1-3-24-23(25-16-18-11-13-21(27-2)14-12-18)26-17-20-10-7-15-28-22(20)19-8-5-4-6-9-19;/h4-6,8-9,11-14,20,22H,3,7,10,15-17H2,1-2H3,(H2,24,25,26);1H. The second-order valence-corrected chi connectivity index (χ2v) is 7.03. The number of benzene rings is 2. The van der Waals surface area contributed by atoms with Gasteiger partial charge in [0.05, 0.1) is 19.8 Å². The number of methoxy groups -OCH3 is 1. The van der Waals surface area contributed by atoms with Crippen LogP contribution in [0.1, 0.15) is 37.0 Å². The predicted octanol–water partition coefficient (Wildman–Crippen LogP) is 4.54. The molecule has 6 heteroatoms. The summed E-state index contributed by atoms with van der Waals surface area (Å²) in [5.41, 5.74) is 2.41. The van der Waals surface area contributed by atoms with Crippen molar-refractivity contribution in [3.8, 4) is 5.75 Å². The summed E-state index contributed by atoms with van der Waals surface area (Å²) in [6, 6.07) is 18.6. The molecule has 1 fully saturated rings. The summed E-state index contributed by atoms with van der Waals surface area (Å²) in [4.78, 5) is 4.73. The van der Waals surface area contributed by atoms with Crippen LogP contribution in [-0.4, -0.2) is 32.8 Å². The van der Waals surface area contributed by atoms with E-state index in [0.717, 1.165) is 49.8 Å². The van der Waals surface area contributed by atoms with Gasteiger partial charge in [0.1, 0.15) is 5.75 Å². The molecule has 3 rings (SSSR count). The molecular formula is C23H32IN3O2. The lowest BCUT2D eigenvalue weighted by molar-refractivity contribution is -0.0265. The maximum Gasteiger partial charge on any atom is 0.191 e. The number of rotatable bonds is 7. The van der Waals surface area contributed by atoms with E-state index in [1.807, 2.05) is 24.3 Å². The molecule has 5 nitrogen and oxygen atoms in total. The molecule has 0 spiro atoms. The molecule has 0 amide bonds. The Morgan fingerprint density at radius 3 is 2.55 bits per heavy atom. The number of hydrogen-bond donors (Lipinski definition) is 2. The van der Waals surface area contributed by atoms with Crippen molar-refractivity contribution in [2.75, 3.05) is 26.8 Å². The van der Waals surface area contributed by atoms with E-state index in [-0.39, 0.29) is 30.1 Å². The summed E-state index contributed by atoms with van der Waals surface area (Å²) in [5, 5.41) is 6.86. The second-order valence-electron chi connectivity index (χ2n) is 7.03. The molecule has 0 aromatic heterocycles. The van der Waals surface area contributed by atoms with Crippen molar-refractivity contribution in [1.29, 1.82) is 0 Å². The first-order valence-electron chi connectivity index (χ1n) is 10.1. The lowest BCUT2D eigenvalue weighted by Crippen LogP contribution is -2.42.